The van der Waals surface area contributed by atoms with Crippen molar-refractivity contribution in [1.82, 2.24) is 4.98 Å². The van der Waals surface area contributed by atoms with Gasteiger partial charge in [-0.3, -0.25) is 4.98 Å². The predicted octanol–water partition coefficient (Wildman–Crippen LogP) is 3.28. The molecule has 1 atom stereocenters. The van der Waals surface area contributed by atoms with E-state index in [1.165, 1.54) is 16.7 Å². The minimum absolute atomic E-state index is 0.487. The molecule has 0 bridgehead atoms. The van der Waals surface area contributed by atoms with Gasteiger partial charge in [-0.2, -0.15) is 0 Å². The van der Waals surface area contributed by atoms with E-state index in [2.05, 4.69) is 37.0 Å². The van der Waals surface area contributed by atoms with E-state index in [0.717, 1.165) is 11.3 Å². The van der Waals surface area contributed by atoms with Crippen LogP contribution in [0.25, 0.3) is 0 Å². The van der Waals surface area contributed by atoms with Crippen molar-refractivity contribution >= 4 is 0 Å². The van der Waals surface area contributed by atoms with Crippen LogP contribution in [0.2, 0.25) is 0 Å². The van der Waals surface area contributed by atoms with Crippen LogP contribution in [0, 0.1) is 20.8 Å². The van der Waals surface area contributed by atoms with E-state index in [0.29, 0.717) is 6.42 Å². The van der Waals surface area contributed by atoms with Crippen LogP contribution in [0.15, 0.2) is 36.5 Å². The summed E-state index contributed by atoms with van der Waals surface area (Å²) in [5.74, 6) is 0. The smallest absolute Gasteiger partial charge is 0.0845 e. The average Bonchev–Trinajstić information content (AvgIpc) is 2.28. The molecule has 0 aliphatic heterocycles. The first-order valence-corrected chi connectivity index (χ1v) is 6.22. The Morgan fingerprint density at radius 3 is 2.28 bits per heavy atom. The van der Waals surface area contributed by atoms with Crippen LogP contribution in [0.4, 0.5) is 0 Å². The number of hydrogen-bond acceptors (Lipinski definition) is 2. The van der Waals surface area contributed by atoms with Crippen molar-refractivity contribution in [2.75, 3.05) is 0 Å². The zero-order valence-corrected chi connectivity index (χ0v) is 11.1. The summed E-state index contributed by atoms with van der Waals surface area (Å²) in [6.45, 7) is 6.10. The van der Waals surface area contributed by atoms with E-state index in [9.17, 15) is 5.11 Å². The molecule has 18 heavy (non-hydrogen) atoms. The Morgan fingerprint density at radius 2 is 1.72 bits per heavy atom. The van der Waals surface area contributed by atoms with Gasteiger partial charge in [0.1, 0.15) is 0 Å². The molecule has 0 saturated heterocycles. The third kappa shape index (κ3) is 3.17. The molecule has 0 spiro atoms. The number of nitrogens with zero attached hydrogens (tertiary/aromatic N) is 1. The first-order valence-electron chi connectivity index (χ1n) is 6.22. The Labute approximate surface area is 108 Å². The third-order valence-corrected chi connectivity index (χ3v) is 3.03. The zero-order valence-electron chi connectivity index (χ0n) is 11.1. The fourth-order valence-corrected chi connectivity index (χ4v) is 2.20. The quantitative estimate of drug-likeness (QED) is 0.894. The molecule has 1 unspecified atom stereocenters. The van der Waals surface area contributed by atoms with Gasteiger partial charge in [0.15, 0.2) is 0 Å². The largest absolute Gasteiger partial charge is 0.388 e. The number of rotatable bonds is 3. The fourth-order valence-electron chi connectivity index (χ4n) is 2.20. The Kier molecular flexibility index (Phi) is 3.78. The molecule has 0 aliphatic carbocycles. The van der Waals surface area contributed by atoms with Crippen molar-refractivity contribution in [2.24, 2.45) is 0 Å². The van der Waals surface area contributed by atoms with E-state index in [1.807, 2.05) is 19.1 Å². The summed E-state index contributed by atoms with van der Waals surface area (Å²) in [6, 6.07) is 10.3. The number of benzene rings is 1. The Balaban J connectivity index is 2.15. The molecule has 2 heteroatoms. The van der Waals surface area contributed by atoms with Crippen LogP contribution >= 0.6 is 0 Å². The molecule has 0 radical (unpaired) electrons. The van der Waals surface area contributed by atoms with Gasteiger partial charge in [0.25, 0.3) is 0 Å². The van der Waals surface area contributed by atoms with Crippen molar-refractivity contribution in [1.29, 1.82) is 0 Å². The lowest BCUT2D eigenvalue weighted by Crippen LogP contribution is -2.03. The highest BCUT2D eigenvalue weighted by molar-refractivity contribution is 5.30. The zero-order chi connectivity index (χ0) is 13.1. The second kappa shape index (κ2) is 5.32. The number of aryl methyl sites for hydroxylation is 3. The van der Waals surface area contributed by atoms with Gasteiger partial charge < -0.3 is 5.11 Å². The minimum atomic E-state index is -0.487. The van der Waals surface area contributed by atoms with Crippen molar-refractivity contribution < 1.29 is 5.11 Å². The van der Waals surface area contributed by atoms with Gasteiger partial charge in [-0.1, -0.05) is 35.4 Å². The normalized spacial score (nSPS) is 12.4. The third-order valence-electron chi connectivity index (χ3n) is 3.03. The summed E-state index contributed by atoms with van der Waals surface area (Å²) >= 11 is 0. The second-order valence-electron chi connectivity index (χ2n) is 4.95. The van der Waals surface area contributed by atoms with E-state index in [1.54, 1.807) is 6.20 Å². The van der Waals surface area contributed by atoms with Gasteiger partial charge in [-0.05, 0) is 38.0 Å². The lowest BCUT2D eigenvalue weighted by atomic mass is 9.99. The molecule has 94 valence electrons. The van der Waals surface area contributed by atoms with Crippen molar-refractivity contribution in [3.8, 4) is 0 Å². The van der Waals surface area contributed by atoms with Crippen LogP contribution in [0.1, 0.15) is 34.1 Å². The molecule has 1 N–H and O–H groups in total. The summed E-state index contributed by atoms with van der Waals surface area (Å²) < 4.78 is 0. The highest BCUT2D eigenvalue weighted by Gasteiger charge is 2.09. The van der Waals surface area contributed by atoms with E-state index >= 15 is 0 Å². The van der Waals surface area contributed by atoms with Gasteiger partial charge in [-0.15, -0.1) is 0 Å². The molecule has 2 nitrogen and oxygen atoms in total. The monoisotopic (exact) mass is 241 g/mol. The van der Waals surface area contributed by atoms with E-state index in [-0.39, 0.29) is 0 Å². The molecule has 0 amide bonds. The lowest BCUT2D eigenvalue weighted by Gasteiger charge is -2.12. The summed E-state index contributed by atoms with van der Waals surface area (Å²) in [6.07, 6.45) is 1.90. The van der Waals surface area contributed by atoms with Crippen LogP contribution in [0.5, 0.6) is 0 Å². The molecule has 2 rings (SSSR count). The summed E-state index contributed by atoms with van der Waals surface area (Å²) in [5.41, 5.74) is 5.48. The van der Waals surface area contributed by atoms with Crippen LogP contribution in [-0.2, 0) is 6.42 Å². The number of pyridine rings is 1. The average molecular weight is 241 g/mol. The van der Waals surface area contributed by atoms with Crippen LogP contribution in [0.3, 0.4) is 0 Å². The Morgan fingerprint density at radius 1 is 1.06 bits per heavy atom. The number of hydrogen-bond donors (Lipinski definition) is 1. The molecule has 1 heterocycles. The number of aromatic nitrogens is 1. The van der Waals surface area contributed by atoms with Gasteiger partial charge >= 0.3 is 0 Å². The predicted molar refractivity (Wildman–Crippen MR) is 73.6 cm³/mol. The van der Waals surface area contributed by atoms with Crippen LogP contribution < -0.4 is 0 Å². The SMILES string of the molecule is Cc1cc(C)cc(CC(O)c2ccc(C)nc2)c1. The second-order valence-corrected chi connectivity index (χ2v) is 4.95. The van der Waals surface area contributed by atoms with Crippen LogP contribution in [-0.4, -0.2) is 10.1 Å². The maximum atomic E-state index is 10.2. The lowest BCUT2D eigenvalue weighted by molar-refractivity contribution is 0.178. The van der Waals surface area contributed by atoms with E-state index < -0.39 is 6.10 Å². The maximum absolute atomic E-state index is 10.2. The molecule has 0 aliphatic rings. The number of aliphatic hydroxyl groups excluding tert-OH is 1. The van der Waals surface area contributed by atoms with Crippen molar-refractivity contribution in [3.63, 3.8) is 0 Å². The maximum Gasteiger partial charge on any atom is 0.0845 e. The summed E-state index contributed by atoms with van der Waals surface area (Å²) in [7, 11) is 0. The topological polar surface area (TPSA) is 33.1 Å². The molecular formula is C16H19NO. The van der Waals surface area contributed by atoms with Crippen molar-refractivity contribution in [3.05, 3.63) is 64.5 Å². The molecule has 0 saturated carbocycles. The summed E-state index contributed by atoms with van der Waals surface area (Å²) in [4.78, 5) is 4.22. The first-order chi connectivity index (χ1) is 8.54. The van der Waals surface area contributed by atoms with Crippen molar-refractivity contribution in [2.45, 2.75) is 33.3 Å². The van der Waals surface area contributed by atoms with Gasteiger partial charge in [0.05, 0.1) is 6.10 Å². The van der Waals surface area contributed by atoms with E-state index in [4.69, 9.17) is 0 Å². The molecule has 2 aromatic rings. The molecule has 1 aromatic heterocycles. The highest BCUT2D eigenvalue weighted by Crippen LogP contribution is 2.19. The van der Waals surface area contributed by atoms with Gasteiger partial charge in [0, 0.05) is 18.3 Å². The number of aliphatic hydroxyl groups is 1. The first kappa shape index (κ1) is 12.8. The standard InChI is InChI=1S/C16H19NO/c1-11-6-12(2)8-14(7-11)9-16(18)15-5-4-13(3)17-10-15/h4-8,10,16,18H,9H2,1-3H3. The minimum Gasteiger partial charge on any atom is -0.388 e. The molecular weight excluding hydrogens is 222 g/mol. The van der Waals surface area contributed by atoms with Gasteiger partial charge in [-0.25, -0.2) is 0 Å². The Hall–Kier alpha value is -1.67. The molecule has 0 fully saturated rings. The fraction of sp³-hybridized carbons (Fsp3) is 0.312. The van der Waals surface area contributed by atoms with Gasteiger partial charge in [0.2, 0.25) is 0 Å². The molecule has 1 aromatic carbocycles. The Bertz CT molecular complexity index is 511. The highest BCUT2D eigenvalue weighted by atomic mass is 16.3. The summed E-state index contributed by atoms with van der Waals surface area (Å²) in [5, 5.41) is 10.2.